The molecule has 2 aromatic heterocycles. The summed E-state index contributed by atoms with van der Waals surface area (Å²) in [6, 6.07) is 1.95. The second-order valence-corrected chi connectivity index (χ2v) is 4.83. The van der Waals surface area contributed by atoms with Gasteiger partial charge in [0, 0.05) is 9.35 Å². The van der Waals surface area contributed by atoms with Crippen LogP contribution in [0.25, 0.3) is 0 Å². The zero-order valence-corrected chi connectivity index (χ0v) is 10.5. The van der Waals surface area contributed by atoms with Crippen molar-refractivity contribution < 1.29 is 4.79 Å². The number of halogens is 1. The minimum atomic E-state index is -0.118. The van der Waals surface area contributed by atoms with Crippen molar-refractivity contribution in [3.05, 3.63) is 27.1 Å². The van der Waals surface area contributed by atoms with Gasteiger partial charge in [0.2, 0.25) is 5.91 Å². The maximum atomic E-state index is 11.5. The quantitative estimate of drug-likeness (QED) is 0.907. The summed E-state index contributed by atoms with van der Waals surface area (Å²) < 4.78 is 2.39. The fraction of sp³-hybridized carbons (Fsp3) is 0.250. The molecule has 0 atom stereocenters. The number of amides is 1. The summed E-state index contributed by atoms with van der Waals surface area (Å²) in [4.78, 5) is 12.6. The highest BCUT2D eigenvalue weighted by molar-refractivity contribution is 9.10. The molecule has 0 unspecified atom stereocenters. The molecule has 0 bridgehead atoms. The molecule has 0 spiro atoms. The standard InChI is InChI=1S/C8H8BrN5OS/c9-6-1-2-16-7(6)3-10-8(15)4-14-5-11-12-13-14/h1-2,5H,3-4H2,(H,10,15). The van der Waals surface area contributed by atoms with Crippen LogP contribution in [-0.2, 0) is 17.9 Å². The summed E-state index contributed by atoms with van der Waals surface area (Å²) in [7, 11) is 0. The molecule has 0 aromatic carbocycles. The van der Waals surface area contributed by atoms with Crippen molar-refractivity contribution in [2.45, 2.75) is 13.1 Å². The number of carbonyl (C=O) groups excluding carboxylic acids is 1. The van der Waals surface area contributed by atoms with Gasteiger partial charge < -0.3 is 5.32 Å². The van der Waals surface area contributed by atoms with Gasteiger partial charge in [0.25, 0.3) is 0 Å². The lowest BCUT2D eigenvalue weighted by Gasteiger charge is -2.03. The number of thiophene rings is 1. The Morgan fingerprint density at radius 2 is 2.50 bits per heavy atom. The lowest BCUT2D eigenvalue weighted by Crippen LogP contribution is -2.27. The molecular formula is C8H8BrN5OS. The molecule has 0 saturated heterocycles. The molecule has 0 radical (unpaired) electrons. The third-order valence-corrected chi connectivity index (χ3v) is 3.76. The topological polar surface area (TPSA) is 72.7 Å². The largest absolute Gasteiger partial charge is 0.350 e. The Morgan fingerprint density at radius 1 is 1.62 bits per heavy atom. The van der Waals surface area contributed by atoms with Gasteiger partial charge in [-0.2, -0.15) is 0 Å². The van der Waals surface area contributed by atoms with Gasteiger partial charge in [-0.1, -0.05) is 0 Å². The lowest BCUT2D eigenvalue weighted by molar-refractivity contribution is -0.122. The van der Waals surface area contributed by atoms with E-state index in [9.17, 15) is 4.79 Å². The van der Waals surface area contributed by atoms with Gasteiger partial charge >= 0.3 is 0 Å². The van der Waals surface area contributed by atoms with Gasteiger partial charge in [-0.15, -0.1) is 16.4 Å². The predicted molar refractivity (Wildman–Crippen MR) is 61.7 cm³/mol. The van der Waals surface area contributed by atoms with Crippen LogP contribution in [-0.4, -0.2) is 26.1 Å². The van der Waals surface area contributed by atoms with Crippen LogP contribution in [0.2, 0.25) is 0 Å². The number of carbonyl (C=O) groups is 1. The molecule has 0 aliphatic carbocycles. The highest BCUT2D eigenvalue weighted by Gasteiger charge is 2.06. The van der Waals surface area contributed by atoms with E-state index >= 15 is 0 Å². The molecule has 16 heavy (non-hydrogen) atoms. The SMILES string of the molecule is O=C(Cn1cnnn1)NCc1sccc1Br. The van der Waals surface area contributed by atoms with Gasteiger partial charge in [0.05, 0.1) is 6.54 Å². The van der Waals surface area contributed by atoms with Crippen LogP contribution in [0.4, 0.5) is 0 Å². The van der Waals surface area contributed by atoms with E-state index < -0.39 is 0 Å². The Hall–Kier alpha value is -1.28. The number of nitrogens with one attached hydrogen (secondary N) is 1. The lowest BCUT2D eigenvalue weighted by atomic mass is 10.4. The normalized spacial score (nSPS) is 10.3. The molecule has 0 fully saturated rings. The van der Waals surface area contributed by atoms with E-state index in [-0.39, 0.29) is 12.5 Å². The van der Waals surface area contributed by atoms with Crippen LogP contribution in [0, 0.1) is 0 Å². The van der Waals surface area contributed by atoms with Gasteiger partial charge in [-0.25, -0.2) is 4.68 Å². The Balaban J connectivity index is 1.82. The van der Waals surface area contributed by atoms with E-state index in [0.717, 1.165) is 9.35 Å². The fourth-order valence-corrected chi connectivity index (χ4v) is 2.52. The van der Waals surface area contributed by atoms with Crippen LogP contribution in [0.3, 0.4) is 0 Å². The molecule has 1 amide bonds. The van der Waals surface area contributed by atoms with E-state index in [2.05, 4.69) is 36.8 Å². The van der Waals surface area contributed by atoms with Crippen molar-refractivity contribution in [1.29, 1.82) is 0 Å². The summed E-state index contributed by atoms with van der Waals surface area (Å²) in [5, 5.41) is 15.3. The average Bonchev–Trinajstić information content (AvgIpc) is 2.87. The van der Waals surface area contributed by atoms with Crippen molar-refractivity contribution in [1.82, 2.24) is 25.5 Å². The van der Waals surface area contributed by atoms with Crippen LogP contribution in [0.15, 0.2) is 22.2 Å². The van der Waals surface area contributed by atoms with Gasteiger partial charge in [-0.3, -0.25) is 4.79 Å². The first-order chi connectivity index (χ1) is 7.75. The molecule has 6 nitrogen and oxygen atoms in total. The fourth-order valence-electron chi connectivity index (χ4n) is 1.09. The van der Waals surface area contributed by atoms with E-state index in [4.69, 9.17) is 0 Å². The summed E-state index contributed by atoms with van der Waals surface area (Å²) in [6.07, 6.45) is 1.40. The molecule has 84 valence electrons. The van der Waals surface area contributed by atoms with Crippen LogP contribution in [0.1, 0.15) is 4.88 Å². The Kier molecular flexibility index (Phi) is 3.62. The van der Waals surface area contributed by atoms with Crippen molar-refractivity contribution in [3.8, 4) is 0 Å². The average molecular weight is 302 g/mol. The summed E-state index contributed by atoms with van der Waals surface area (Å²) in [5.41, 5.74) is 0. The Morgan fingerprint density at radius 3 is 3.12 bits per heavy atom. The summed E-state index contributed by atoms with van der Waals surface area (Å²) >= 11 is 4.99. The second kappa shape index (κ2) is 5.17. The van der Waals surface area contributed by atoms with Crippen LogP contribution < -0.4 is 5.32 Å². The van der Waals surface area contributed by atoms with E-state index in [1.807, 2.05) is 11.4 Å². The molecule has 8 heteroatoms. The third kappa shape index (κ3) is 2.86. The zero-order chi connectivity index (χ0) is 11.4. The number of nitrogens with zero attached hydrogens (tertiary/aromatic N) is 4. The highest BCUT2D eigenvalue weighted by atomic mass is 79.9. The minimum Gasteiger partial charge on any atom is -0.350 e. The maximum Gasteiger partial charge on any atom is 0.242 e. The van der Waals surface area contributed by atoms with Gasteiger partial charge in [0.15, 0.2) is 0 Å². The molecule has 2 heterocycles. The van der Waals surface area contributed by atoms with Crippen LogP contribution >= 0.6 is 27.3 Å². The number of hydrogen-bond donors (Lipinski definition) is 1. The number of aromatic nitrogens is 4. The molecule has 1 N–H and O–H groups in total. The molecule has 2 aromatic rings. The van der Waals surface area contributed by atoms with Crippen molar-refractivity contribution >= 4 is 33.2 Å². The first-order valence-corrected chi connectivity index (χ1v) is 6.12. The van der Waals surface area contributed by atoms with Gasteiger partial charge in [0.1, 0.15) is 12.9 Å². The van der Waals surface area contributed by atoms with Crippen LogP contribution in [0.5, 0.6) is 0 Å². The maximum absolute atomic E-state index is 11.5. The van der Waals surface area contributed by atoms with E-state index in [0.29, 0.717) is 6.54 Å². The van der Waals surface area contributed by atoms with E-state index in [1.54, 1.807) is 11.3 Å². The number of rotatable bonds is 4. The number of hydrogen-bond acceptors (Lipinski definition) is 5. The summed E-state index contributed by atoms with van der Waals surface area (Å²) in [6.45, 7) is 0.648. The molecule has 0 aliphatic heterocycles. The summed E-state index contributed by atoms with van der Waals surface area (Å²) in [5.74, 6) is -0.118. The number of tetrazole rings is 1. The van der Waals surface area contributed by atoms with Crippen molar-refractivity contribution in [3.63, 3.8) is 0 Å². The minimum absolute atomic E-state index is 0.118. The Labute approximate surface area is 104 Å². The smallest absolute Gasteiger partial charge is 0.242 e. The monoisotopic (exact) mass is 301 g/mol. The first-order valence-electron chi connectivity index (χ1n) is 4.45. The molecule has 0 aliphatic rings. The third-order valence-electron chi connectivity index (χ3n) is 1.83. The molecular weight excluding hydrogens is 294 g/mol. The second-order valence-electron chi connectivity index (χ2n) is 2.98. The van der Waals surface area contributed by atoms with E-state index in [1.165, 1.54) is 11.0 Å². The predicted octanol–water partition coefficient (Wildman–Crippen LogP) is 0.813. The highest BCUT2D eigenvalue weighted by Crippen LogP contribution is 2.21. The zero-order valence-electron chi connectivity index (χ0n) is 8.13. The molecule has 2 rings (SSSR count). The Bertz CT molecular complexity index is 468. The van der Waals surface area contributed by atoms with Gasteiger partial charge in [-0.05, 0) is 37.8 Å². The first kappa shape index (κ1) is 11.2. The molecule has 0 saturated carbocycles. The van der Waals surface area contributed by atoms with Crippen molar-refractivity contribution in [2.75, 3.05) is 0 Å². The van der Waals surface area contributed by atoms with Crippen molar-refractivity contribution in [2.24, 2.45) is 0 Å².